The topological polar surface area (TPSA) is 39.7 Å². The van der Waals surface area contributed by atoms with Gasteiger partial charge in [-0.05, 0) is 19.8 Å². The second kappa shape index (κ2) is 5.77. The van der Waals surface area contributed by atoms with Gasteiger partial charge in [-0.1, -0.05) is 0 Å². The Morgan fingerprint density at radius 1 is 1.47 bits per heavy atom. The molecule has 2 amide bonds. The van der Waals surface area contributed by atoms with Gasteiger partial charge in [0, 0.05) is 39.6 Å². The molecule has 1 fully saturated rings. The average molecular weight is 282 g/mol. The maximum Gasteiger partial charge on any atom is 0.319 e. The van der Waals surface area contributed by atoms with Gasteiger partial charge in [0.15, 0.2) is 5.13 Å². The second-order valence-electron chi connectivity index (χ2n) is 5.30. The third kappa shape index (κ3) is 3.18. The Morgan fingerprint density at radius 3 is 2.79 bits per heavy atom. The summed E-state index contributed by atoms with van der Waals surface area (Å²) in [6, 6.07) is 0.343. The van der Waals surface area contributed by atoms with Crippen LogP contribution in [0.5, 0.6) is 0 Å². The number of piperidine rings is 1. The molecule has 0 N–H and O–H groups in total. The van der Waals surface area contributed by atoms with Crippen LogP contribution < -0.4 is 4.90 Å². The Hall–Kier alpha value is -1.30. The molecule has 106 valence electrons. The van der Waals surface area contributed by atoms with E-state index in [2.05, 4.69) is 15.3 Å². The number of anilines is 1. The van der Waals surface area contributed by atoms with Gasteiger partial charge in [0.2, 0.25) is 0 Å². The lowest BCUT2D eigenvalue weighted by molar-refractivity contribution is 0.157. The van der Waals surface area contributed by atoms with Crippen molar-refractivity contribution in [2.24, 2.45) is 0 Å². The summed E-state index contributed by atoms with van der Waals surface area (Å²) in [6.07, 6.45) is 2.17. The number of hydrogen-bond acceptors (Lipinski definition) is 4. The van der Waals surface area contributed by atoms with Gasteiger partial charge in [-0.15, -0.1) is 11.3 Å². The molecule has 1 aromatic heterocycles. The zero-order valence-corrected chi connectivity index (χ0v) is 12.9. The predicted molar refractivity (Wildman–Crippen MR) is 78.9 cm³/mol. The Morgan fingerprint density at radius 2 is 2.21 bits per heavy atom. The zero-order chi connectivity index (χ0) is 14.0. The molecule has 0 aliphatic carbocycles. The fourth-order valence-corrected chi connectivity index (χ4v) is 3.24. The van der Waals surface area contributed by atoms with Crippen molar-refractivity contribution in [2.45, 2.75) is 25.8 Å². The minimum Gasteiger partial charge on any atom is -0.346 e. The van der Waals surface area contributed by atoms with Gasteiger partial charge < -0.3 is 14.7 Å². The number of hydrogen-bond donors (Lipinski definition) is 0. The number of likely N-dealkylation sites (N-methyl/N-ethyl adjacent to an activating group) is 1. The van der Waals surface area contributed by atoms with E-state index in [1.165, 1.54) is 0 Å². The first-order valence-electron chi connectivity index (χ1n) is 6.60. The lowest BCUT2D eigenvalue weighted by Gasteiger charge is -2.38. The first kappa shape index (κ1) is 14.1. The van der Waals surface area contributed by atoms with Crippen molar-refractivity contribution in [2.75, 3.05) is 39.1 Å². The van der Waals surface area contributed by atoms with E-state index in [0.717, 1.165) is 36.8 Å². The van der Waals surface area contributed by atoms with Crippen molar-refractivity contribution < 1.29 is 4.79 Å². The molecule has 1 unspecified atom stereocenters. The Labute approximate surface area is 118 Å². The number of rotatable bonds is 2. The molecular formula is C13H22N4OS. The lowest BCUT2D eigenvalue weighted by Crippen LogP contribution is -2.51. The summed E-state index contributed by atoms with van der Waals surface area (Å²) < 4.78 is 0. The van der Waals surface area contributed by atoms with Crippen LogP contribution in [0, 0.1) is 6.92 Å². The zero-order valence-electron chi connectivity index (χ0n) is 12.1. The van der Waals surface area contributed by atoms with Crippen molar-refractivity contribution in [1.82, 2.24) is 14.8 Å². The summed E-state index contributed by atoms with van der Waals surface area (Å²) in [5.74, 6) is 0. The molecule has 1 aliphatic heterocycles. The van der Waals surface area contributed by atoms with Crippen molar-refractivity contribution in [3.05, 3.63) is 11.1 Å². The minimum atomic E-state index is 0.0715. The highest BCUT2D eigenvalue weighted by atomic mass is 32.1. The molecule has 0 bridgehead atoms. The van der Waals surface area contributed by atoms with E-state index in [0.29, 0.717) is 0 Å². The SMILES string of the molecule is Cc1csc(N2CCCC(N(C)C(=O)N(C)C)C2)n1. The number of aryl methyl sites for hydroxylation is 1. The normalized spacial score (nSPS) is 19.4. The first-order chi connectivity index (χ1) is 8.99. The summed E-state index contributed by atoms with van der Waals surface area (Å²) in [5, 5.41) is 3.15. The van der Waals surface area contributed by atoms with E-state index in [9.17, 15) is 4.79 Å². The van der Waals surface area contributed by atoms with Crippen molar-refractivity contribution in [1.29, 1.82) is 0 Å². The highest BCUT2D eigenvalue weighted by molar-refractivity contribution is 7.13. The first-order valence-corrected chi connectivity index (χ1v) is 7.48. The summed E-state index contributed by atoms with van der Waals surface area (Å²) in [5.41, 5.74) is 1.07. The van der Waals surface area contributed by atoms with Crippen LogP contribution in [0.3, 0.4) is 0 Å². The summed E-state index contributed by atoms with van der Waals surface area (Å²) >= 11 is 1.69. The molecule has 5 nitrogen and oxygen atoms in total. The van der Waals surface area contributed by atoms with E-state index >= 15 is 0 Å². The van der Waals surface area contributed by atoms with Gasteiger partial charge >= 0.3 is 6.03 Å². The number of thiazole rings is 1. The van der Waals surface area contributed by atoms with E-state index in [-0.39, 0.29) is 12.1 Å². The van der Waals surface area contributed by atoms with Crippen LogP contribution in [0.2, 0.25) is 0 Å². The summed E-state index contributed by atoms with van der Waals surface area (Å²) in [4.78, 5) is 22.3. The van der Waals surface area contributed by atoms with Crippen LogP contribution in [0.15, 0.2) is 5.38 Å². The van der Waals surface area contributed by atoms with Crippen LogP contribution in [0.25, 0.3) is 0 Å². The summed E-state index contributed by atoms with van der Waals surface area (Å²) in [6.45, 7) is 3.93. The monoisotopic (exact) mass is 282 g/mol. The van der Waals surface area contributed by atoms with Gasteiger partial charge in [-0.2, -0.15) is 0 Å². The number of aromatic nitrogens is 1. The van der Waals surface area contributed by atoms with Gasteiger partial charge in [-0.3, -0.25) is 0 Å². The van der Waals surface area contributed by atoms with Gasteiger partial charge in [0.05, 0.1) is 11.7 Å². The number of carbonyl (C=O) groups is 1. The highest BCUT2D eigenvalue weighted by Crippen LogP contribution is 2.25. The molecule has 2 heterocycles. The van der Waals surface area contributed by atoms with Crippen molar-refractivity contribution >= 4 is 22.5 Å². The minimum absolute atomic E-state index is 0.0715. The lowest BCUT2D eigenvalue weighted by atomic mass is 10.1. The largest absolute Gasteiger partial charge is 0.346 e. The molecule has 0 saturated carbocycles. The molecule has 0 spiro atoms. The van der Waals surface area contributed by atoms with Crippen molar-refractivity contribution in [3.8, 4) is 0 Å². The van der Waals surface area contributed by atoms with E-state index in [4.69, 9.17) is 0 Å². The molecule has 2 rings (SSSR count). The molecule has 1 aromatic rings. The third-order valence-corrected chi connectivity index (χ3v) is 4.53. The van der Waals surface area contributed by atoms with Gasteiger partial charge in [0.1, 0.15) is 0 Å². The van der Waals surface area contributed by atoms with Crippen LogP contribution in [0.4, 0.5) is 9.93 Å². The van der Waals surface area contributed by atoms with Crippen molar-refractivity contribution in [3.63, 3.8) is 0 Å². The molecule has 0 radical (unpaired) electrons. The van der Waals surface area contributed by atoms with Crippen LogP contribution in [0.1, 0.15) is 18.5 Å². The smallest absolute Gasteiger partial charge is 0.319 e. The second-order valence-corrected chi connectivity index (χ2v) is 6.14. The highest BCUT2D eigenvalue weighted by Gasteiger charge is 2.27. The Bertz CT molecular complexity index is 446. The molecule has 19 heavy (non-hydrogen) atoms. The summed E-state index contributed by atoms with van der Waals surface area (Å²) in [7, 11) is 5.48. The number of amides is 2. The molecule has 6 heteroatoms. The Kier molecular flexibility index (Phi) is 4.29. The van der Waals surface area contributed by atoms with E-state index in [1.807, 2.05) is 18.9 Å². The molecule has 0 aromatic carbocycles. The Balaban J connectivity index is 2.03. The fraction of sp³-hybridized carbons (Fsp3) is 0.692. The third-order valence-electron chi connectivity index (χ3n) is 3.51. The van der Waals surface area contributed by atoms with Crippen LogP contribution in [-0.2, 0) is 0 Å². The maximum absolute atomic E-state index is 12.0. The van der Waals surface area contributed by atoms with Crippen LogP contribution >= 0.6 is 11.3 Å². The van der Waals surface area contributed by atoms with Gasteiger partial charge in [0.25, 0.3) is 0 Å². The molecule has 1 aliphatic rings. The standard InChI is InChI=1S/C13H22N4OS/c1-10-9-19-12(14-10)17-7-5-6-11(8-17)16(4)13(18)15(2)3/h9,11H,5-8H2,1-4H3. The molecular weight excluding hydrogens is 260 g/mol. The quantitative estimate of drug-likeness (QED) is 0.833. The number of urea groups is 1. The maximum atomic E-state index is 12.0. The van der Waals surface area contributed by atoms with E-state index in [1.54, 1.807) is 30.3 Å². The predicted octanol–water partition coefficient (Wildman–Crippen LogP) is 2.03. The molecule has 1 atom stereocenters. The fourth-order valence-electron chi connectivity index (χ4n) is 2.40. The van der Waals surface area contributed by atoms with E-state index < -0.39 is 0 Å². The van der Waals surface area contributed by atoms with Crippen LogP contribution in [-0.4, -0.2) is 61.1 Å². The van der Waals surface area contributed by atoms with Gasteiger partial charge in [-0.25, -0.2) is 9.78 Å². The average Bonchev–Trinajstić information content (AvgIpc) is 2.84. The number of carbonyl (C=O) groups excluding carboxylic acids is 1. The molecule has 1 saturated heterocycles. The number of nitrogens with zero attached hydrogens (tertiary/aromatic N) is 4.